The van der Waals surface area contributed by atoms with Gasteiger partial charge in [-0.25, -0.2) is 0 Å². The summed E-state index contributed by atoms with van der Waals surface area (Å²) in [6.07, 6.45) is 1.78. The van der Waals surface area contributed by atoms with Gasteiger partial charge in [0.15, 0.2) is 0 Å². The highest BCUT2D eigenvalue weighted by Gasteiger charge is 2.54. The van der Waals surface area contributed by atoms with Gasteiger partial charge in [-0.3, -0.25) is 4.98 Å². The Hall–Kier alpha value is -3.21. The highest BCUT2D eigenvalue weighted by atomic mass is 28.4. The van der Waals surface area contributed by atoms with Crippen molar-refractivity contribution in [1.82, 2.24) is 4.98 Å². The van der Waals surface area contributed by atoms with Gasteiger partial charge in [0.05, 0.1) is 18.9 Å². The SMILES string of the molecule is COc1c(C)cc(-c2cc3c(c(CCc4ccccc4)n2)[Si](C(C)C)(C(C)C)O[C@H]3c2ccccc2)cc1C. The smallest absolute Gasteiger partial charge is 0.232 e. The number of methoxy groups -OCH3 is 1. The van der Waals surface area contributed by atoms with Crippen molar-refractivity contribution in [3.63, 3.8) is 0 Å². The topological polar surface area (TPSA) is 31.4 Å². The average Bonchev–Trinajstić information content (AvgIpc) is 3.30. The van der Waals surface area contributed by atoms with Crippen LogP contribution >= 0.6 is 0 Å². The lowest BCUT2D eigenvalue weighted by molar-refractivity contribution is 0.243. The number of fused-ring (bicyclic) bond motifs is 1. The Morgan fingerprint density at radius 2 is 1.41 bits per heavy atom. The van der Waals surface area contributed by atoms with E-state index in [9.17, 15) is 0 Å². The van der Waals surface area contributed by atoms with E-state index < -0.39 is 8.32 Å². The molecule has 0 saturated heterocycles. The fourth-order valence-corrected chi connectivity index (χ4v) is 11.7. The zero-order valence-electron chi connectivity index (χ0n) is 24.4. The molecule has 0 saturated carbocycles. The van der Waals surface area contributed by atoms with Gasteiger partial charge in [0, 0.05) is 11.3 Å². The van der Waals surface area contributed by atoms with E-state index in [0.29, 0.717) is 11.1 Å². The number of aromatic nitrogens is 1. The number of ether oxygens (including phenoxy) is 1. The summed E-state index contributed by atoms with van der Waals surface area (Å²) < 4.78 is 13.0. The van der Waals surface area contributed by atoms with Crippen molar-refractivity contribution in [2.75, 3.05) is 7.11 Å². The van der Waals surface area contributed by atoms with Crippen molar-refractivity contribution in [1.29, 1.82) is 0 Å². The Morgan fingerprint density at radius 3 is 1.97 bits per heavy atom. The van der Waals surface area contributed by atoms with Crippen LogP contribution in [0.4, 0.5) is 0 Å². The van der Waals surface area contributed by atoms with E-state index >= 15 is 0 Å². The first kappa shape index (κ1) is 27.4. The van der Waals surface area contributed by atoms with Gasteiger partial charge in [0.1, 0.15) is 5.75 Å². The molecule has 1 aliphatic rings. The first-order valence-corrected chi connectivity index (χ1v) is 16.3. The molecule has 0 amide bonds. The molecule has 4 aromatic rings. The normalized spacial score (nSPS) is 16.1. The molecule has 0 unspecified atom stereocenters. The van der Waals surface area contributed by atoms with Crippen molar-refractivity contribution >= 4 is 13.5 Å². The van der Waals surface area contributed by atoms with Crippen LogP contribution in [0.15, 0.2) is 78.9 Å². The van der Waals surface area contributed by atoms with Gasteiger partial charge in [-0.2, -0.15) is 0 Å². The molecule has 1 aromatic heterocycles. The molecule has 0 N–H and O–H groups in total. The molecular formula is C35H41NO2Si. The number of pyridine rings is 1. The summed E-state index contributed by atoms with van der Waals surface area (Å²) in [4.78, 5) is 5.47. The lowest BCUT2D eigenvalue weighted by Crippen LogP contribution is -2.54. The maximum absolute atomic E-state index is 7.37. The Labute approximate surface area is 235 Å². The molecule has 3 nitrogen and oxygen atoms in total. The zero-order chi connectivity index (χ0) is 27.7. The lowest BCUT2D eigenvalue weighted by Gasteiger charge is -2.36. The molecule has 3 aromatic carbocycles. The molecule has 4 heteroatoms. The van der Waals surface area contributed by atoms with E-state index in [2.05, 4.69) is 120 Å². The zero-order valence-corrected chi connectivity index (χ0v) is 25.4. The van der Waals surface area contributed by atoms with Crippen LogP contribution in [0, 0.1) is 13.8 Å². The molecule has 0 aliphatic carbocycles. The summed E-state index contributed by atoms with van der Waals surface area (Å²) in [5.41, 5.74) is 10.4. The number of hydrogen-bond donors (Lipinski definition) is 0. The number of hydrogen-bond acceptors (Lipinski definition) is 3. The van der Waals surface area contributed by atoms with Crippen LogP contribution < -0.4 is 9.92 Å². The van der Waals surface area contributed by atoms with Gasteiger partial charge in [0.25, 0.3) is 0 Å². The van der Waals surface area contributed by atoms with E-state index in [1.54, 1.807) is 7.11 Å². The Morgan fingerprint density at radius 1 is 0.821 bits per heavy atom. The van der Waals surface area contributed by atoms with Crippen molar-refractivity contribution in [2.24, 2.45) is 0 Å². The Balaban J connectivity index is 1.76. The van der Waals surface area contributed by atoms with Crippen LogP contribution in [0.2, 0.25) is 11.1 Å². The first-order chi connectivity index (χ1) is 18.8. The van der Waals surface area contributed by atoms with Crippen molar-refractivity contribution in [2.45, 2.75) is 71.6 Å². The van der Waals surface area contributed by atoms with E-state index in [1.165, 1.54) is 27.6 Å². The highest BCUT2D eigenvalue weighted by Crippen LogP contribution is 2.47. The van der Waals surface area contributed by atoms with E-state index in [1.807, 2.05) is 0 Å². The monoisotopic (exact) mass is 535 g/mol. The quantitative estimate of drug-likeness (QED) is 0.213. The van der Waals surface area contributed by atoms with Gasteiger partial charge in [-0.15, -0.1) is 0 Å². The number of aryl methyl sites for hydroxylation is 4. The van der Waals surface area contributed by atoms with Crippen LogP contribution in [0.5, 0.6) is 5.75 Å². The van der Waals surface area contributed by atoms with Crippen LogP contribution in [0.25, 0.3) is 11.3 Å². The third-order valence-electron chi connectivity index (χ3n) is 8.38. The predicted octanol–water partition coefficient (Wildman–Crippen LogP) is 8.25. The van der Waals surface area contributed by atoms with Crippen molar-refractivity contribution in [3.05, 3.63) is 112 Å². The van der Waals surface area contributed by atoms with Crippen molar-refractivity contribution in [3.8, 4) is 17.0 Å². The van der Waals surface area contributed by atoms with Crippen molar-refractivity contribution < 1.29 is 9.16 Å². The second-order valence-electron chi connectivity index (χ2n) is 11.6. The summed E-state index contributed by atoms with van der Waals surface area (Å²) in [6.45, 7) is 13.7. The molecule has 0 radical (unpaired) electrons. The largest absolute Gasteiger partial charge is 0.496 e. The highest BCUT2D eigenvalue weighted by molar-refractivity contribution is 6.90. The van der Waals surface area contributed by atoms with Gasteiger partial charge in [0.2, 0.25) is 8.32 Å². The maximum Gasteiger partial charge on any atom is 0.232 e. The molecule has 0 bridgehead atoms. The lowest BCUT2D eigenvalue weighted by atomic mass is 9.96. The number of rotatable bonds is 8. The standard InChI is InChI=1S/C35H41NO2Si/c1-23(2)39(24(3)4)35-30(34(38-39)28-16-12-9-13-17-28)22-32(29-20-25(5)33(37-7)26(6)21-29)36-31(35)19-18-27-14-10-8-11-15-27/h8-17,20-24,34H,18-19H2,1-7H3/t34-/m0/s1. The van der Waals surface area contributed by atoms with Gasteiger partial charge < -0.3 is 9.16 Å². The molecule has 0 spiro atoms. The number of nitrogens with zero attached hydrogens (tertiary/aromatic N) is 1. The summed E-state index contributed by atoms with van der Waals surface area (Å²) in [5, 5.41) is 1.43. The van der Waals surface area contributed by atoms with E-state index in [-0.39, 0.29) is 6.10 Å². The molecule has 0 fully saturated rings. The van der Waals surface area contributed by atoms with Crippen LogP contribution in [-0.4, -0.2) is 20.4 Å². The molecule has 1 aliphatic heterocycles. The predicted molar refractivity (Wildman–Crippen MR) is 165 cm³/mol. The van der Waals surface area contributed by atoms with Gasteiger partial charge in [-0.05, 0) is 89.0 Å². The second-order valence-corrected chi connectivity index (χ2v) is 16.2. The van der Waals surface area contributed by atoms with E-state index in [4.69, 9.17) is 14.1 Å². The third-order valence-corrected chi connectivity index (χ3v) is 13.8. The second kappa shape index (κ2) is 11.1. The van der Waals surface area contributed by atoms with Crippen LogP contribution in [0.3, 0.4) is 0 Å². The summed E-state index contributed by atoms with van der Waals surface area (Å²) in [5.74, 6) is 0.945. The minimum absolute atomic E-state index is 0.0738. The molecule has 2 heterocycles. The van der Waals surface area contributed by atoms with E-state index in [0.717, 1.165) is 41.0 Å². The van der Waals surface area contributed by atoms with Gasteiger partial charge in [-0.1, -0.05) is 88.4 Å². The number of benzene rings is 3. The first-order valence-electron chi connectivity index (χ1n) is 14.2. The summed E-state index contributed by atoms with van der Waals surface area (Å²) >= 11 is 0. The summed E-state index contributed by atoms with van der Waals surface area (Å²) in [7, 11) is -0.635. The minimum Gasteiger partial charge on any atom is -0.496 e. The third kappa shape index (κ3) is 4.96. The van der Waals surface area contributed by atoms with Crippen LogP contribution in [-0.2, 0) is 17.3 Å². The fourth-order valence-electron chi connectivity index (χ4n) is 6.64. The molecule has 39 heavy (non-hydrogen) atoms. The molecule has 1 atom stereocenters. The van der Waals surface area contributed by atoms with Crippen LogP contribution in [0.1, 0.15) is 67.3 Å². The molecular weight excluding hydrogens is 494 g/mol. The minimum atomic E-state index is -2.38. The molecule has 5 rings (SSSR count). The molecule has 202 valence electrons. The fraction of sp³-hybridized carbons (Fsp3) is 0.343. The Kier molecular flexibility index (Phi) is 7.79. The average molecular weight is 536 g/mol. The summed E-state index contributed by atoms with van der Waals surface area (Å²) in [6, 6.07) is 28.3. The maximum atomic E-state index is 7.37. The van der Waals surface area contributed by atoms with Gasteiger partial charge >= 0.3 is 0 Å². The Bertz CT molecular complexity index is 1420.